The zero-order valence-corrected chi connectivity index (χ0v) is 13.2. The summed E-state index contributed by atoms with van der Waals surface area (Å²) in [5.41, 5.74) is -1.49. The molecule has 0 unspecified atom stereocenters. The van der Waals surface area contributed by atoms with Crippen LogP contribution in [-0.2, 0) is 0 Å². The molecule has 0 bridgehead atoms. The summed E-state index contributed by atoms with van der Waals surface area (Å²) >= 11 is 3.16. The highest BCUT2D eigenvalue weighted by molar-refractivity contribution is 9.10. The molecule has 0 atom stereocenters. The molecule has 0 aliphatic heterocycles. The molecule has 23 heavy (non-hydrogen) atoms. The molecule has 0 aliphatic rings. The lowest BCUT2D eigenvalue weighted by Gasteiger charge is -2.06. The highest BCUT2D eigenvalue weighted by Crippen LogP contribution is 2.35. The van der Waals surface area contributed by atoms with Gasteiger partial charge in [0.2, 0.25) is 0 Å². The number of phenols is 1. The maximum atomic E-state index is 11.5. The first-order valence-corrected chi connectivity index (χ1v) is 6.85. The quantitative estimate of drug-likeness (QED) is 0.541. The van der Waals surface area contributed by atoms with Gasteiger partial charge in [0, 0.05) is 0 Å². The first-order chi connectivity index (χ1) is 10.8. The number of nitrogens with one attached hydrogen (secondary N) is 1. The first kappa shape index (κ1) is 16.5. The third-order valence-electron chi connectivity index (χ3n) is 2.78. The zero-order valence-electron chi connectivity index (χ0n) is 11.6. The highest BCUT2D eigenvalue weighted by Gasteiger charge is 2.21. The van der Waals surface area contributed by atoms with E-state index >= 15 is 0 Å². The van der Waals surface area contributed by atoms with E-state index in [9.17, 15) is 25.1 Å². The van der Waals surface area contributed by atoms with Crippen LogP contribution in [0.2, 0.25) is 0 Å². The number of benzene rings is 1. The summed E-state index contributed by atoms with van der Waals surface area (Å²) in [5, 5.41) is 29.7. The van der Waals surface area contributed by atoms with Crippen molar-refractivity contribution in [3.8, 4) is 17.4 Å². The Morgan fingerprint density at radius 2 is 2.09 bits per heavy atom. The minimum absolute atomic E-state index is 0.0656. The van der Waals surface area contributed by atoms with Crippen LogP contribution in [0, 0.1) is 10.1 Å². The molecule has 0 fully saturated rings. The number of methoxy groups -OCH3 is 1. The van der Waals surface area contributed by atoms with E-state index in [4.69, 9.17) is 4.74 Å². The molecule has 0 spiro atoms. The number of aromatic amines is 1. The Kier molecular flexibility index (Phi) is 4.65. The molecule has 0 saturated carbocycles. The molecule has 9 nitrogen and oxygen atoms in total. The van der Waals surface area contributed by atoms with Crippen LogP contribution in [0.5, 0.6) is 17.4 Å². The van der Waals surface area contributed by atoms with Crippen LogP contribution in [0.25, 0.3) is 12.2 Å². The predicted octanol–water partition coefficient (Wildman–Crippen LogP) is 2.03. The lowest BCUT2D eigenvalue weighted by atomic mass is 10.2. The van der Waals surface area contributed by atoms with Gasteiger partial charge in [0.1, 0.15) is 5.82 Å². The summed E-state index contributed by atoms with van der Waals surface area (Å²) in [6.07, 6.45) is 2.85. The summed E-state index contributed by atoms with van der Waals surface area (Å²) in [5.74, 6) is -0.875. The van der Waals surface area contributed by atoms with Crippen molar-refractivity contribution in [2.24, 2.45) is 0 Å². The van der Waals surface area contributed by atoms with Crippen molar-refractivity contribution in [1.82, 2.24) is 9.97 Å². The van der Waals surface area contributed by atoms with E-state index in [0.717, 1.165) is 0 Å². The number of nitrogens with zero attached hydrogens (tertiary/aromatic N) is 2. The third-order valence-corrected chi connectivity index (χ3v) is 3.39. The molecule has 0 saturated heterocycles. The number of ether oxygens (including phenoxy) is 1. The largest absolute Gasteiger partial charge is 0.503 e. The standard InChI is InChI=1S/C13H10BrN3O6/c1-23-8-5-6(4-7(14)11(8)18)2-3-9-15-12(19)10(17(21)22)13(20)16-9/h2-5,18H,1H3,(H2,15,16,19,20)/b3-2-. The molecule has 0 amide bonds. The van der Waals surface area contributed by atoms with Gasteiger partial charge in [-0.1, -0.05) is 6.08 Å². The van der Waals surface area contributed by atoms with Gasteiger partial charge in [-0.05, 0) is 39.7 Å². The van der Waals surface area contributed by atoms with Gasteiger partial charge in [0.15, 0.2) is 11.5 Å². The fourth-order valence-corrected chi connectivity index (χ4v) is 2.20. The van der Waals surface area contributed by atoms with Gasteiger partial charge in [0.25, 0.3) is 5.88 Å². The number of halogens is 1. The fraction of sp³-hybridized carbons (Fsp3) is 0.0769. The smallest absolute Gasteiger partial charge is 0.395 e. The van der Waals surface area contributed by atoms with Gasteiger partial charge in [0.05, 0.1) is 16.5 Å². The molecule has 1 aromatic carbocycles. The Bertz CT molecular complexity index is 862. The lowest BCUT2D eigenvalue weighted by Crippen LogP contribution is -2.14. The van der Waals surface area contributed by atoms with Crippen LogP contribution in [0.1, 0.15) is 11.4 Å². The monoisotopic (exact) mass is 383 g/mol. The molecule has 0 radical (unpaired) electrons. The van der Waals surface area contributed by atoms with Gasteiger partial charge in [-0.3, -0.25) is 14.9 Å². The molecule has 1 aromatic heterocycles. The van der Waals surface area contributed by atoms with E-state index in [2.05, 4.69) is 25.9 Å². The van der Waals surface area contributed by atoms with Crippen LogP contribution in [0.3, 0.4) is 0 Å². The maximum Gasteiger partial charge on any atom is 0.395 e. The van der Waals surface area contributed by atoms with Crippen LogP contribution in [-0.4, -0.2) is 32.2 Å². The first-order valence-electron chi connectivity index (χ1n) is 6.05. The lowest BCUT2D eigenvalue weighted by molar-refractivity contribution is -0.387. The molecular formula is C13H10BrN3O6. The van der Waals surface area contributed by atoms with E-state index in [1.807, 2.05) is 0 Å². The fourth-order valence-electron chi connectivity index (χ4n) is 1.74. The average Bonchev–Trinajstić information content (AvgIpc) is 2.47. The number of aromatic nitrogens is 2. The van der Waals surface area contributed by atoms with Crippen molar-refractivity contribution >= 4 is 33.8 Å². The van der Waals surface area contributed by atoms with Crippen molar-refractivity contribution in [3.63, 3.8) is 0 Å². The summed E-state index contributed by atoms with van der Waals surface area (Å²) in [4.78, 5) is 26.8. The topological polar surface area (TPSA) is 139 Å². The summed E-state index contributed by atoms with van der Waals surface area (Å²) in [6.45, 7) is 0. The van der Waals surface area contributed by atoms with Crippen LogP contribution in [0.4, 0.5) is 5.69 Å². The molecular weight excluding hydrogens is 374 g/mol. The number of hydrogen-bond donors (Lipinski definition) is 3. The van der Waals surface area contributed by atoms with E-state index in [1.54, 1.807) is 6.07 Å². The maximum absolute atomic E-state index is 11.5. The summed E-state index contributed by atoms with van der Waals surface area (Å²) in [6, 6.07) is 3.11. The van der Waals surface area contributed by atoms with Crippen molar-refractivity contribution < 1.29 is 19.9 Å². The van der Waals surface area contributed by atoms with Gasteiger partial charge in [-0.25, -0.2) is 0 Å². The molecule has 3 N–H and O–H groups in total. The third kappa shape index (κ3) is 3.48. The van der Waals surface area contributed by atoms with Crippen LogP contribution < -0.4 is 10.3 Å². The SMILES string of the molecule is COc1cc(/C=C\c2nc(O)c([N+](=O)[O-])c(=O)[nH]2)cc(Br)c1O. The Labute approximate surface area is 137 Å². The van der Waals surface area contributed by atoms with Crippen molar-refractivity contribution in [2.75, 3.05) is 7.11 Å². The van der Waals surface area contributed by atoms with Crippen LogP contribution in [0.15, 0.2) is 21.4 Å². The molecule has 2 rings (SSSR count). The number of phenolic OH excluding ortho intramolecular Hbond substituents is 1. The molecule has 10 heteroatoms. The minimum Gasteiger partial charge on any atom is -0.503 e. The number of hydrogen-bond acceptors (Lipinski definition) is 7. The highest BCUT2D eigenvalue weighted by atomic mass is 79.9. The molecule has 1 heterocycles. The predicted molar refractivity (Wildman–Crippen MR) is 84.5 cm³/mol. The van der Waals surface area contributed by atoms with Crippen LogP contribution >= 0.6 is 15.9 Å². The Hall–Kier alpha value is -2.88. The number of H-pyrrole nitrogens is 1. The Morgan fingerprint density at radius 3 is 2.65 bits per heavy atom. The number of rotatable bonds is 4. The van der Waals surface area contributed by atoms with Crippen molar-refractivity contribution in [3.05, 3.63) is 48.5 Å². The summed E-state index contributed by atoms with van der Waals surface area (Å²) < 4.78 is 5.39. The normalized spacial score (nSPS) is 10.9. The number of nitro groups is 1. The number of aromatic hydroxyl groups is 2. The molecule has 120 valence electrons. The van der Waals surface area contributed by atoms with E-state index in [0.29, 0.717) is 10.0 Å². The average molecular weight is 384 g/mol. The minimum atomic E-state index is -1.06. The zero-order chi connectivity index (χ0) is 17.1. The van der Waals surface area contributed by atoms with Gasteiger partial charge >= 0.3 is 11.2 Å². The molecule has 2 aromatic rings. The second-order valence-corrected chi connectivity index (χ2v) is 5.12. The van der Waals surface area contributed by atoms with Crippen molar-refractivity contribution in [1.29, 1.82) is 0 Å². The van der Waals surface area contributed by atoms with E-state index in [-0.39, 0.29) is 17.3 Å². The molecule has 0 aliphatic carbocycles. The summed E-state index contributed by atoms with van der Waals surface area (Å²) in [7, 11) is 1.39. The van der Waals surface area contributed by atoms with Gasteiger partial charge in [-0.15, -0.1) is 0 Å². The Morgan fingerprint density at radius 1 is 1.39 bits per heavy atom. The van der Waals surface area contributed by atoms with Crippen molar-refractivity contribution in [2.45, 2.75) is 0 Å². The van der Waals surface area contributed by atoms with E-state index < -0.39 is 22.0 Å². The Balaban J connectivity index is 2.40. The van der Waals surface area contributed by atoms with E-state index in [1.165, 1.54) is 25.3 Å². The van der Waals surface area contributed by atoms with Gasteiger partial charge in [-0.2, -0.15) is 4.98 Å². The van der Waals surface area contributed by atoms with Gasteiger partial charge < -0.3 is 19.9 Å². The second-order valence-electron chi connectivity index (χ2n) is 4.27. The second kappa shape index (κ2) is 6.48.